The zero-order valence-electron chi connectivity index (χ0n) is 10.1. The highest BCUT2D eigenvalue weighted by Gasteiger charge is 2.20. The number of rotatable bonds is 4. The third kappa shape index (κ3) is 2.94. The summed E-state index contributed by atoms with van der Waals surface area (Å²) in [7, 11) is 0. The van der Waals surface area contributed by atoms with Crippen molar-refractivity contribution in [3.63, 3.8) is 0 Å². The van der Waals surface area contributed by atoms with Crippen LogP contribution < -0.4 is 0 Å². The second-order valence-corrected chi connectivity index (χ2v) is 5.41. The Morgan fingerprint density at radius 2 is 0.900 bits per heavy atom. The monoisotopic (exact) mass is 394 g/mol. The van der Waals surface area contributed by atoms with Gasteiger partial charge < -0.3 is 0 Å². The van der Waals surface area contributed by atoms with Gasteiger partial charge in [0, 0.05) is 22.3 Å². The quantitative estimate of drug-likeness (QED) is 0.581. The van der Waals surface area contributed by atoms with Crippen LogP contribution in [-0.2, 0) is 0 Å². The van der Waals surface area contributed by atoms with Crippen molar-refractivity contribution in [2.45, 2.75) is 0 Å². The molecule has 0 spiro atoms. The maximum atomic E-state index is 12.6. The van der Waals surface area contributed by atoms with Gasteiger partial charge in [-0.05, 0) is 44.0 Å². The molecule has 5 heteroatoms. The van der Waals surface area contributed by atoms with Gasteiger partial charge in [0.25, 0.3) is 0 Å². The molecule has 2 rings (SSSR count). The molecule has 20 heavy (non-hydrogen) atoms. The lowest BCUT2D eigenvalue weighted by Gasteiger charge is -2.08. The van der Waals surface area contributed by atoms with Crippen molar-refractivity contribution in [2.24, 2.45) is 0 Å². The molecule has 0 aliphatic heterocycles. The highest BCUT2D eigenvalue weighted by Crippen LogP contribution is 2.21. The van der Waals surface area contributed by atoms with Crippen LogP contribution in [0.3, 0.4) is 0 Å². The van der Waals surface area contributed by atoms with Crippen molar-refractivity contribution < 1.29 is 14.4 Å². The minimum atomic E-state index is -0.371. The van der Waals surface area contributed by atoms with E-state index in [1.807, 2.05) is 0 Å². The molecule has 3 nitrogen and oxygen atoms in total. The molecule has 0 fully saturated rings. The average Bonchev–Trinajstić information content (AvgIpc) is 2.46. The molecular weight excluding hydrogens is 388 g/mol. The molecule has 0 saturated carbocycles. The molecule has 0 bridgehead atoms. The smallest absolute Gasteiger partial charge is 0.228 e. The van der Waals surface area contributed by atoms with E-state index in [1.165, 1.54) is 0 Å². The summed E-state index contributed by atoms with van der Waals surface area (Å²) >= 11 is 5.71. The van der Waals surface area contributed by atoms with E-state index in [1.54, 1.807) is 48.5 Å². The van der Waals surface area contributed by atoms with Crippen LogP contribution in [0.25, 0.3) is 0 Å². The minimum Gasteiger partial charge on any atom is -0.289 e. The van der Waals surface area contributed by atoms with E-state index in [0.29, 0.717) is 0 Å². The SMILES string of the molecule is O=C(Br)c1ccccc1C(=O)c1ccccc1C(=O)Br. The Balaban J connectivity index is 2.59. The maximum Gasteiger partial charge on any atom is 0.228 e. The summed E-state index contributed by atoms with van der Waals surface area (Å²) in [4.78, 5) is 35.6. The second kappa shape index (κ2) is 6.24. The van der Waals surface area contributed by atoms with Crippen molar-refractivity contribution >= 4 is 47.0 Å². The van der Waals surface area contributed by atoms with Crippen LogP contribution >= 0.6 is 31.9 Å². The number of hydrogen-bond donors (Lipinski definition) is 0. The zero-order chi connectivity index (χ0) is 14.7. The molecule has 0 aromatic heterocycles. The van der Waals surface area contributed by atoms with Crippen molar-refractivity contribution in [3.05, 3.63) is 70.8 Å². The van der Waals surface area contributed by atoms with Gasteiger partial charge in [-0.15, -0.1) is 0 Å². The van der Waals surface area contributed by atoms with Gasteiger partial charge in [0.15, 0.2) is 5.78 Å². The molecule has 0 saturated heterocycles. The van der Waals surface area contributed by atoms with Crippen LogP contribution in [0.2, 0.25) is 0 Å². The van der Waals surface area contributed by atoms with Gasteiger partial charge in [-0.25, -0.2) is 0 Å². The standard InChI is InChI=1S/C15H8Br2O3/c16-14(19)11-7-3-1-5-9(11)13(18)10-6-2-4-8-12(10)15(17)20/h1-8H. The highest BCUT2D eigenvalue weighted by atomic mass is 79.9. The van der Waals surface area contributed by atoms with Gasteiger partial charge in [-0.1, -0.05) is 36.4 Å². The van der Waals surface area contributed by atoms with Gasteiger partial charge in [-0.2, -0.15) is 0 Å². The Morgan fingerprint density at radius 3 is 1.20 bits per heavy atom. The van der Waals surface area contributed by atoms with Gasteiger partial charge in [0.05, 0.1) is 0 Å². The summed E-state index contributed by atoms with van der Waals surface area (Å²) < 4.78 is -0.742. The summed E-state index contributed by atoms with van der Waals surface area (Å²) in [6, 6.07) is 12.9. The first-order valence-corrected chi connectivity index (χ1v) is 7.23. The number of carbonyl (C=O) groups excluding carboxylic acids is 3. The molecule has 0 aliphatic rings. The summed E-state index contributed by atoms with van der Waals surface area (Å²) in [6.45, 7) is 0. The molecule has 0 unspecified atom stereocenters. The molecule has 0 radical (unpaired) electrons. The van der Waals surface area contributed by atoms with Gasteiger partial charge in [0.2, 0.25) is 9.39 Å². The molecule has 2 aromatic carbocycles. The van der Waals surface area contributed by atoms with Crippen LogP contribution in [-0.4, -0.2) is 15.2 Å². The summed E-state index contributed by atoms with van der Waals surface area (Å²) in [5.41, 5.74) is 1.06. The zero-order valence-corrected chi connectivity index (χ0v) is 13.3. The van der Waals surface area contributed by atoms with Gasteiger partial charge >= 0.3 is 0 Å². The van der Waals surface area contributed by atoms with E-state index in [9.17, 15) is 14.4 Å². The first-order valence-electron chi connectivity index (χ1n) is 5.65. The predicted octanol–water partition coefficient (Wildman–Crippen LogP) is 3.99. The Labute approximate surface area is 132 Å². The molecule has 100 valence electrons. The Bertz CT molecular complexity index is 648. The normalized spacial score (nSPS) is 10.1. The second-order valence-electron chi connectivity index (χ2n) is 3.97. The summed E-state index contributed by atoms with van der Waals surface area (Å²) in [5.74, 6) is -0.364. The van der Waals surface area contributed by atoms with Gasteiger partial charge in [-0.3, -0.25) is 14.4 Å². The molecular formula is C15H8Br2O3. The van der Waals surface area contributed by atoms with E-state index in [0.717, 1.165) is 0 Å². The molecule has 0 aliphatic carbocycles. The van der Waals surface area contributed by atoms with Crippen molar-refractivity contribution in [1.82, 2.24) is 0 Å². The fraction of sp³-hybridized carbons (Fsp3) is 0. The first kappa shape index (κ1) is 14.8. The number of hydrogen-bond acceptors (Lipinski definition) is 3. The topological polar surface area (TPSA) is 51.2 Å². The van der Waals surface area contributed by atoms with Crippen LogP contribution in [0.4, 0.5) is 0 Å². The molecule has 2 aromatic rings. The molecule has 0 heterocycles. The average molecular weight is 396 g/mol. The van der Waals surface area contributed by atoms with E-state index in [2.05, 4.69) is 31.9 Å². The van der Waals surface area contributed by atoms with Crippen LogP contribution in [0.1, 0.15) is 36.6 Å². The summed E-state index contributed by atoms with van der Waals surface area (Å²) in [6.07, 6.45) is 0. The van der Waals surface area contributed by atoms with E-state index < -0.39 is 0 Å². The largest absolute Gasteiger partial charge is 0.289 e. The minimum absolute atomic E-state index is 0.260. The third-order valence-corrected chi connectivity index (χ3v) is 3.62. The van der Waals surface area contributed by atoms with E-state index >= 15 is 0 Å². The number of halogens is 2. The summed E-state index contributed by atoms with van der Waals surface area (Å²) in [5, 5.41) is 0. The maximum absolute atomic E-state index is 12.6. The first-order chi connectivity index (χ1) is 9.52. The number of ketones is 1. The Kier molecular flexibility index (Phi) is 4.62. The number of benzene rings is 2. The van der Waals surface area contributed by atoms with E-state index in [-0.39, 0.29) is 37.4 Å². The van der Waals surface area contributed by atoms with Gasteiger partial charge in [0.1, 0.15) is 0 Å². The fourth-order valence-electron chi connectivity index (χ4n) is 1.85. The lowest BCUT2D eigenvalue weighted by atomic mass is 9.96. The van der Waals surface area contributed by atoms with Crippen LogP contribution in [0.15, 0.2) is 48.5 Å². The molecule has 0 atom stereocenters. The molecule has 0 N–H and O–H groups in total. The number of carbonyl (C=O) groups is 3. The van der Waals surface area contributed by atoms with Crippen molar-refractivity contribution in [1.29, 1.82) is 0 Å². The Morgan fingerprint density at radius 1 is 0.600 bits per heavy atom. The van der Waals surface area contributed by atoms with Crippen LogP contribution in [0.5, 0.6) is 0 Å². The van der Waals surface area contributed by atoms with E-state index in [4.69, 9.17) is 0 Å². The third-order valence-electron chi connectivity index (χ3n) is 2.77. The Hall–Kier alpha value is -1.59. The van der Waals surface area contributed by atoms with Crippen molar-refractivity contribution in [3.8, 4) is 0 Å². The van der Waals surface area contributed by atoms with Crippen LogP contribution in [0, 0.1) is 0 Å². The molecule has 0 amide bonds. The fourth-order valence-corrected chi connectivity index (χ4v) is 2.54. The van der Waals surface area contributed by atoms with Crippen molar-refractivity contribution in [2.75, 3.05) is 0 Å². The lowest BCUT2D eigenvalue weighted by molar-refractivity contribution is 0.101. The lowest BCUT2D eigenvalue weighted by Crippen LogP contribution is -2.10. The predicted molar refractivity (Wildman–Crippen MR) is 82.8 cm³/mol. The highest BCUT2D eigenvalue weighted by molar-refractivity contribution is 9.18.